The van der Waals surface area contributed by atoms with Crippen LogP contribution < -0.4 is 9.47 Å². The van der Waals surface area contributed by atoms with Gasteiger partial charge < -0.3 is 14.6 Å². The van der Waals surface area contributed by atoms with E-state index in [0.717, 1.165) is 28.1 Å². The second kappa shape index (κ2) is 11.8. The molecule has 4 aromatic rings. The summed E-state index contributed by atoms with van der Waals surface area (Å²) in [7, 11) is 1.62. The highest BCUT2D eigenvalue weighted by Gasteiger charge is 2.17. The molecular formula is C28H23ClN2O3S. The van der Waals surface area contributed by atoms with Crippen molar-refractivity contribution in [2.24, 2.45) is 0 Å². The lowest BCUT2D eigenvalue weighted by molar-refractivity contribution is 0.126. The van der Waals surface area contributed by atoms with Crippen LogP contribution in [-0.2, 0) is 0 Å². The highest BCUT2D eigenvalue weighted by atomic mass is 35.5. The molecule has 0 radical (unpaired) electrons. The van der Waals surface area contributed by atoms with Gasteiger partial charge in [-0.1, -0.05) is 41.9 Å². The standard InChI is InChI=1S/C28H23ClN2O3S/c1-33-23-11-7-20(8-12-23)27-15-25(19-5-3-2-4-6-19)26(16-30)28(31-27)35-18-22(32)17-34-24-13-9-21(29)10-14-24/h2-15,22,32H,17-18H2,1H3. The summed E-state index contributed by atoms with van der Waals surface area (Å²) in [5.74, 6) is 1.70. The van der Waals surface area contributed by atoms with E-state index in [1.54, 1.807) is 31.4 Å². The molecule has 1 heterocycles. The first-order valence-electron chi connectivity index (χ1n) is 10.9. The van der Waals surface area contributed by atoms with Crippen LogP contribution in [0.4, 0.5) is 0 Å². The van der Waals surface area contributed by atoms with Crippen molar-refractivity contribution in [2.75, 3.05) is 19.5 Å². The molecule has 0 spiro atoms. The third-order valence-corrected chi connectivity index (χ3v) is 6.61. The summed E-state index contributed by atoms with van der Waals surface area (Å²) in [6, 6.07) is 28.6. The van der Waals surface area contributed by atoms with Gasteiger partial charge in [-0.05, 0) is 60.2 Å². The van der Waals surface area contributed by atoms with Crippen LogP contribution in [-0.4, -0.2) is 35.7 Å². The molecule has 7 heteroatoms. The van der Waals surface area contributed by atoms with Gasteiger partial charge in [-0.15, -0.1) is 11.8 Å². The minimum absolute atomic E-state index is 0.111. The van der Waals surface area contributed by atoms with Crippen molar-refractivity contribution >= 4 is 23.4 Å². The largest absolute Gasteiger partial charge is 0.497 e. The average Bonchev–Trinajstić information content (AvgIpc) is 2.91. The van der Waals surface area contributed by atoms with Crippen LogP contribution in [0, 0.1) is 11.3 Å². The second-order valence-electron chi connectivity index (χ2n) is 7.67. The number of thioether (sulfide) groups is 1. The third-order valence-electron chi connectivity index (χ3n) is 5.24. The van der Waals surface area contributed by atoms with Gasteiger partial charge in [0.2, 0.25) is 0 Å². The molecule has 5 nitrogen and oxygen atoms in total. The SMILES string of the molecule is COc1ccc(-c2cc(-c3ccccc3)c(C#N)c(SCC(O)COc3ccc(Cl)cc3)n2)cc1. The molecule has 4 rings (SSSR count). The monoisotopic (exact) mass is 502 g/mol. The van der Waals surface area contributed by atoms with E-state index < -0.39 is 6.10 Å². The topological polar surface area (TPSA) is 75.4 Å². The zero-order chi connectivity index (χ0) is 24.6. The van der Waals surface area contributed by atoms with E-state index in [9.17, 15) is 10.4 Å². The van der Waals surface area contributed by atoms with E-state index >= 15 is 0 Å². The summed E-state index contributed by atoms with van der Waals surface area (Å²) in [5, 5.41) is 21.7. The van der Waals surface area contributed by atoms with Gasteiger partial charge in [0.15, 0.2) is 0 Å². The molecule has 0 aliphatic carbocycles. The van der Waals surface area contributed by atoms with Crippen molar-refractivity contribution in [2.45, 2.75) is 11.1 Å². The van der Waals surface area contributed by atoms with Crippen molar-refractivity contribution < 1.29 is 14.6 Å². The average molecular weight is 503 g/mol. The highest BCUT2D eigenvalue weighted by molar-refractivity contribution is 7.99. The van der Waals surface area contributed by atoms with Gasteiger partial charge in [-0.25, -0.2) is 4.98 Å². The number of halogens is 1. The van der Waals surface area contributed by atoms with Crippen molar-refractivity contribution in [3.8, 4) is 40.0 Å². The van der Waals surface area contributed by atoms with Crippen molar-refractivity contribution in [3.05, 3.63) is 95.5 Å². The highest BCUT2D eigenvalue weighted by Crippen LogP contribution is 2.34. The molecule has 1 N–H and O–H groups in total. The fourth-order valence-corrected chi connectivity index (χ4v) is 4.47. The van der Waals surface area contributed by atoms with E-state index in [0.29, 0.717) is 27.1 Å². The van der Waals surface area contributed by atoms with Crippen molar-refractivity contribution in [3.63, 3.8) is 0 Å². The molecule has 1 aromatic heterocycles. The molecule has 0 fully saturated rings. The van der Waals surface area contributed by atoms with Crippen LogP contribution in [0.1, 0.15) is 5.56 Å². The van der Waals surface area contributed by atoms with Gasteiger partial charge in [-0.2, -0.15) is 5.26 Å². The number of pyridine rings is 1. The van der Waals surface area contributed by atoms with Gasteiger partial charge >= 0.3 is 0 Å². The second-order valence-corrected chi connectivity index (χ2v) is 9.12. The van der Waals surface area contributed by atoms with Crippen LogP contribution in [0.3, 0.4) is 0 Å². The summed E-state index contributed by atoms with van der Waals surface area (Å²) >= 11 is 7.24. The number of methoxy groups -OCH3 is 1. The van der Waals surface area contributed by atoms with Gasteiger partial charge in [0.1, 0.15) is 29.2 Å². The molecule has 0 saturated heterocycles. The number of aliphatic hydroxyl groups is 1. The van der Waals surface area contributed by atoms with Gasteiger partial charge in [-0.3, -0.25) is 0 Å². The van der Waals surface area contributed by atoms with E-state index in [1.165, 1.54) is 11.8 Å². The van der Waals surface area contributed by atoms with E-state index in [1.807, 2.05) is 60.7 Å². The van der Waals surface area contributed by atoms with Gasteiger partial charge in [0, 0.05) is 21.9 Å². The van der Waals surface area contributed by atoms with Crippen molar-refractivity contribution in [1.29, 1.82) is 5.26 Å². The number of ether oxygens (including phenoxy) is 2. The Bertz CT molecular complexity index is 1310. The maximum absolute atomic E-state index is 10.5. The maximum atomic E-state index is 10.5. The van der Waals surface area contributed by atoms with Crippen LogP contribution in [0.2, 0.25) is 5.02 Å². The number of aliphatic hydroxyl groups excluding tert-OH is 1. The zero-order valence-electron chi connectivity index (χ0n) is 19.0. The quantitative estimate of drug-likeness (QED) is 0.264. The first-order valence-corrected chi connectivity index (χ1v) is 12.3. The van der Waals surface area contributed by atoms with Crippen LogP contribution in [0.25, 0.3) is 22.4 Å². The Morgan fingerprint density at radius 2 is 1.66 bits per heavy atom. The van der Waals surface area contributed by atoms with Crippen LogP contribution >= 0.6 is 23.4 Å². The number of nitrogens with zero attached hydrogens (tertiary/aromatic N) is 2. The number of hydrogen-bond acceptors (Lipinski definition) is 6. The van der Waals surface area contributed by atoms with E-state index in [-0.39, 0.29) is 6.61 Å². The zero-order valence-corrected chi connectivity index (χ0v) is 20.6. The molecule has 0 saturated carbocycles. The molecular weight excluding hydrogens is 480 g/mol. The fourth-order valence-electron chi connectivity index (χ4n) is 3.44. The Hall–Kier alpha value is -3.50. The smallest absolute Gasteiger partial charge is 0.119 e. The minimum atomic E-state index is -0.756. The predicted octanol–water partition coefficient (Wildman–Crippen LogP) is 6.48. The normalized spacial score (nSPS) is 11.5. The number of aromatic nitrogens is 1. The number of rotatable bonds is 9. The molecule has 1 unspecified atom stereocenters. The number of benzene rings is 3. The summed E-state index contributed by atoms with van der Waals surface area (Å²) < 4.78 is 10.9. The number of hydrogen-bond donors (Lipinski definition) is 1. The fraction of sp³-hybridized carbons (Fsp3) is 0.143. The summed E-state index contributed by atoms with van der Waals surface area (Å²) in [4.78, 5) is 4.79. The summed E-state index contributed by atoms with van der Waals surface area (Å²) in [5.41, 5.74) is 3.84. The maximum Gasteiger partial charge on any atom is 0.119 e. The predicted molar refractivity (Wildman–Crippen MR) is 140 cm³/mol. The molecule has 3 aromatic carbocycles. The van der Waals surface area contributed by atoms with Crippen LogP contribution in [0.15, 0.2) is 90.0 Å². The minimum Gasteiger partial charge on any atom is -0.497 e. The molecule has 1 atom stereocenters. The lowest BCUT2D eigenvalue weighted by Crippen LogP contribution is -2.20. The Morgan fingerprint density at radius 1 is 0.971 bits per heavy atom. The lowest BCUT2D eigenvalue weighted by Gasteiger charge is -2.15. The van der Waals surface area contributed by atoms with E-state index in [4.69, 9.17) is 26.1 Å². The Labute approximate surface area is 213 Å². The van der Waals surface area contributed by atoms with Crippen molar-refractivity contribution in [1.82, 2.24) is 4.98 Å². The first kappa shape index (κ1) is 24.6. The first-order chi connectivity index (χ1) is 17.1. The van der Waals surface area contributed by atoms with Gasteiger partial charge in [0.05, 0.1) is 24.5 Å². The molecule has 35 heavy (non-hydrogen) atoms. The molecule has 0 aliphatic rings. The summed E-state index contributed by atoms with van der Waals surface area (Å²) in [6.45, 7) is 0.111. The van der Waals surface area contributed by atoms with E-state index in [2.05, 4.69) is 6.07 Å². The molecule has 176 valence electrons. The molecule has 0 amide bonds. The number of nitriles is 1. The Morgan fingerprint density at radius 3 is 2.31 bits per heavy atom. The molecule has 0 aliphatic heterocycles. The molecule has 0 bridgehead atoms. The summed E-state index contributed by atoms with van der Waals surface area (Å²) in [6.07, 6.45) is -0.756. The third kappa shape index (κ3) is 6.34. The Kier molecular flexibility index (Phi) is 8.27. The lowest BCUT2D eigenvalue weighted by atomic mass is 9.99. The van der Waals surface area contributed by atoms with Crippen LogP contribution in [0.5, 0.6) is 11.5 Å². The Balaban J connectivity index is 1.60. The van der Waals surface area contributed by atoms with Gasteiger partial charge in [0.25, 0.3) is 0 Å².